The first-order chi connectivity index (χ1) is 16.3. The Morgan fingerprint density at radius 2 is 1.09 bits per heavy atom. The van der Waals surface area contributed by atoms with Crippen LogP contribution in [0.2, 0.25) is 0 Å². The van der Waals surface area contributed by atoms with E-state index in [2.05, 4.69) is 126 Å². The molecule has 0 aliphatic heterocycles. The number of benzene rings is 3. The molecular formula is C30H27N3. The Morgan fingerprint density at radius 3 is 1.58 bits per heavy atom. The summed E-state index contributed by atoms with van der Waals surface area (Å²) in [6.45, 7) is 2.14. The topological polar surface area (TPSA) is 19.4 Å². The van der Waals surface area contributed by atoms with Crippen molar-refractivity contribution in [2.75, 3.05) is 9.80 Å². The van der Waals surface area contributed by atoms with Crippen molar-refractivity contribution in [3.8, 4) is 0 Å². The zero-order valence-electron chi connectivity index (χ0n) is 18.8. The predicted octanol–water partition coefficient (Wildman–Crippen LogP) is 8.23. The van der Waals surface area contributed by atoms with E-state index in [9.17, 15) is 0 Å². The molecule has 0 saturated heterocycles. The van der Waals surface area contributed by atoms with Crippen LogP contribution >= 0.6 is 0 Å². The van der Waals surface area contributed by atoms with Gasteiger partial charge in [0.2, 0.25) is 0 Å². The SMILES string of the molecule is Cc1cc(N(C2=CCCC=C2)c2ccccc2)nc(N(c2ccccc2)c2ccccc2)c1. The Labute approximate surface area is 196 Å². The van der Waals surface area contributed by atoms with Crippen LogP contribution in [-0.2, 0) is 0 Å². The Bertz CT molecular complexity index is 1220. The van der Waals surface area contributed by atoms with E-state index in [1.807, 2.05) is 12.1 Å². The van der Waals surface area contributed by atoms with E-state index in [4.69, 9.17) is 4.98 Å². The van der Waals surface area contributed by atoms with Gasteiger partial charge in [0.05, 0.1) is 0 Å². The van der Waals surface area contributed by atoms with Crippen LogP contribution in [0.3, 0.4) is 0 Å². The van der Waals surface area contributed by atoms with E-state index < -0.39 is 0 Å². The average Bonchev–Trinajstić information content (AvgIpc) is 2.87. The van der Waals surface area contributed by atoms with E-state index in [1.165, 1.54) is 0 Å². The summed E-state index contributed by atoms with van der Waals surface area (Å²) >= 11 is 0. The van der Waals surface area contributed by atoms with Crippen molar-refractivity contribution in [3.63, 3.8) is 0 Å². The fourth-order valence-corrected chi connectivity index (χ4v) is 4.18. The van der Waals surface area contributed by atoms with E-state index >= 15 is 0 Å². The second-order valence-electron chi connectivity index (χ2n) is 8.15. The second-order valence-corrected chi connectivity index (χ2v) is 8.15. The lowest BCUT2D eigenvalue weighted by molar-refractivity contribution is 0.987. The third kappa shape index (κ3) is 4.58. The van der Waals surface area contributed by atoms with Crippen molar-refractivity contribution in [2.24, 2.45) is 0 Å². The Hall–Kier alpha value is -4.11. The van der Waals surface area contributed by atoms with Crippen LogP contribution in [-0.4, -0.2) is 4.98 Å². The summed E-state index contributed by atoms with van der Waals surface area (Å²) in [4.78, 5) is 9.68. The molecule has 4 aromatic rings. The summed E-state index contributed by atoms with van der Waals surface area (Å²) in [6.07, 6.45) is 8.85. The molecule has 1 aliphatic carbocycles. The molecule has 0 unspecified atom stereocenters. The Morgan fingerprint density at radius 1 is 0.606 bits per heavy atom. The molecule has 1 aliphatic rings. The van der Waals surface area contributed by atoms with Gasteiger partial charge in [0.15, 0.2) is 0 Å². The number of rotatable bonds is 6. The summed E-state index contributed by atoms with van der Waals surface area (Å²) in [7, 11) is 0. The number of aromatic nitrogens is 1. The summed E-state index contributed by atoms with van der Waals surface area (Å²) < 4.78 is 0. The highest BCUT2D eigenvalue weighted by molar-refractivity contribution is 5.77. The maximum atomic E-state index is 5.22. The number of para-hydroxylation sites is 3. The monoisotopic (exact) mass is 429 g/mol. The molecule has 1 heterocycles. The Balaban J connectivity index is 1.67. The third-order valence-electron chi connectivity index (χ3n) is 5.68. The molecule has 3 aromatic carbocycles. The molecule has 0 amide bonds. The van der Waals surface area contributed by atoms with Crippen molar-refractivity contribution >= 4 is 28.7 Å². The van der Waals surface area contributed by atoms with Crippen LogP contribution in [0.4, 0.5) is 28.7 Å². The molecule has 0 spiro atoms. The smallest absolute Gasteiger partial charge is 0.140 e. The molecule has 3 heteroatoms. The molecule has 162 valence electrons. The fraction of sp³-hybridized carbons (Fsp3) is 0.100. The van der Waals surface area contributed by atoms with Crippen LogP contribution in [0, 0.1) is 6.92 Å². The van der Waals surface area contributed by atoms with Gasteiger partial charge in [-0.1, -0.05) is 66.7 Å². The van der Waals surface area contributed by atoms with Crippen LogP contribution in [0.15, 0.2) is 127 Å². The third-order valence-corrected chi connectivity index (χ3v) is 5.68. The molecule has 0 atom stereocenters. The zero-order chi connectivity index (χ0) is 22.5. The zero-order valence-corrected chi connectivity index (χ0v) is 18.8. The molecule has 5 rings (SSSR count). The highest BCUT2D eigenvalue weighted by Gasteiger charge is 2.19. The lowest BCUT2D eigenvalue weighted by Crippen LogP contribution is -2.19. The van der Waals surface area contributed by atoms with Crippen LogP contribution in [0.5, 0.6) is 0 Å². The normalized spacial score (nSPS) is 12.8. The fourth-order valence-electron chi connectivity index (χ4n) is 4.18. The number of anilines is 5. The molecule has 0 N–H and O–H groups in total. The molecular weight excluding hydrogens is 402 g/mol. The van der Waals surface area contributed by atoms with Crippen molar-refractivity contribution in [2.45, 2.75) is 19.8 Å². The van der Waals surface area contributed by atoms with Gasteiger partial charge >= 0.3 is 0 Å². The highest BCUT2D eigenvalue weighted by Crippen LogP contribution is 2.37. The van der Waals surface area contributed by atoms with E-state index in [-0.39, 0.29) is 0 Å². The quantitative estimate of drug-likeness (QED) is 0.308. The first-order valence-electron chi connectivity index (χ1n) is 11.4. The van der Waals surface area contributed by atoms with Gasteiger partial charge in [-0.2, -0.15) is 0 Å². The van der Waals surface area contributed by atoms with Gasteiger partial charge in [-0.25, -0.2) is 4.98 Å². The lowest BCUT2D eigenvalue weighted by Gasteiger charge is -2.29. The molecule has 3 nitrogen and oxygen atoms in total. The number of nitrogens with zero attached hydrogens (tertiary/aromatic N) is 3. The van der Waals surface area contributed by atoms with Crippen molar-refractivity contribution < 1.29 is 0 Å². The first kappa shape index (κ1) is 20.8. The van der Waals surface area contributed by atoms with Crippen LogP contribution in [0.25, 0.3) is 0 Å². The van der Waals surface area contributed by atoms with Gasteiger partial charge in [-0.05, 0) is 79.9 Å². The van der Waals surface area contributed by atoms with E-state index in [0.29, 0.717) is 0 Å². The van der Waals surface area contributed by atoms with E-state index in [0.717, 1.165) is 52.8 Å². The number of pyridine rings is 1. The summed E-state index contributed by atoms with van der Waals surface area (Å²) in [5.41, 5.74) is 5.58. The van der Waals surface area contributed by atoms with Gasteiger partial charge in [0.25, 0.3) is 0 Å². The molecule has 1 aromatic heterocycles. The van der Waals surface area contributed by atoms with Crippen molar-refractivity contribution in [1.29, 1.82) is 0 Å². The van der Waals surface area contributed by atoms with Crippen molar-refractivity contribution in [3.05, 3.63) is 133 Å². The first-order valence-corrected chi connectivity index (χ1v) is 11.4. The minimum Gasteiger partial charge on any atom is -0.295 e. The number of hydrogen-bond donors (Lipinski definition) is 0. The summed E-state index contributed by atoms with van der Waals surface area (Å²) in [6, 6.07) is 35.6. The predicted molar refractivity (Wildman–Crippen MR) is 139 cm³/mol. The van der Waals surface area contributed by atoms with Crippen molar-refractivity contribution in [1.82, 2.24) is 4.98 Å². The van der Waals surface area contributed by atoms with E-state index in [1.54, 1.807) is 0 Å². The number of aryl methyl sites for hydroxylation is 1. The minimum absolute atomic E-state index is 0.892. The maximum Gasteiger partial charge on any atom is 0.140 e. The second kappa shape index (κ2) is 9.58. The van der Waals surface area contributed by atoms with Gasteiger partial charge in [0.1, 0.15) is 11.6 Å². The standard InChI is InChI=1S/C30H27N3/c1-24-22-29(32(25-14-6-2-7-15-25)26-16-8-3-9-17-26)31-30(23-24)33(27-18-10-4-11-19-27)28-20-12-5-13-21-28/h2-4,6-12,14-23H,5,13H2,1H3. The van der Waals surface area contributed by atoms with Gasteiger partial charge < -0.3 is 0 Å². The molecule has 0 saturated carbocycles. The highest BCUT2D eigenvalue weighted by atomic mass is 15.3. The van der Waals surface area contributed by atoms with Crippen LogP contribution in [0.1, 0.15) is 18.4 Å². The van der Waals surface area contributed by atoms with Gasteiger partial charge in [-0.3, -0.25) is 9.80 Å². The minimum atomic E-state index is 0.892. The molecule has 33 heavy (non-hydrogen) atoms. The summed E-state index contributed by atoms with van der Waals surface area (Å²) in [5.74, 6) is 1.80. The number of hydrogen-bond acceptors (Lipinski definition) is 3. The Kier molecular flexibility index (Phi) is 6.03. The van der Waals surface area contributed by atoms with Gasteiger partial charge in [-0.15, -0.1) is 0 Å². The number of allylic oxidation sites excluding steroid dienone is 3. The molecule has 0 fully saturated rings. The molecule has 0 bridgehead atoms. The van der Waals surface area contributed by atoms with Crippen LogP contribution < -0.4 is 9.80 Å². The maximum absolute atomic E-state index is 5.22. The molecule has 0 radical (unpaired) electrons. The summed E-state index contributed by atoms with van der Waals surface area (Å²) in [5, 5.41) is 0. The average molecular weight is 430 g/mol. The van der Waals surface area contributed by atoms with Gasteiger partial charge in [0, 0.05) is 22.8 Å². The lowest BCUT2D eigenvalue weighted by atomic mass is 10.1. The largest absolute Gasteiger partial charge is 0.295 e.